The van der Waals surface area contributed by atoms with Crippen LogP contribution in [0, 0.1) is 5.41 Å². The minimum absolute atomic E-state index is 0.0938. The number of carbonyl (C=O) groups excluding carboxylic acids is 1. The molecule has 1 amide bonds. The summed E-state index contributed by atoms with van der Waals surface area (Å²) in [5.74, 6) is 0.277. The molecule has 3 rings (SSSR count). The second-order valence-electron chi connectivity index (χ2n) is 5.71. The molecule has 0 saturated carbocycles. The van der Waals surface area contributed by atoms with Crippen LogP contribution in [-0.4, -0.2) is 35.0 Å². The van der Waals surface area contributed by atoms with Gasteiger partial charge in [0, 0.05) is 38.6 Å². The van der Waals surface area contributed by atoms with Gasteiger partial charge in [-0.25, -0.2) is 0 Å². The van der Waals surface area contributed by atoms with Crippen molar-refractivity contribution >= 4 is 5.91 Å². The average molecular weight is 247 g/mol. The van der Waals surface area contributed by atoms with Gasteiger partial charge in [-0.3, -0.25) is 9.69 Å². The van der Waals surface area contributed by atoms with Crippen molar-refractivity contribution in [1.82, 2.24) is 14.8 Å². The van der Waals surface area contributed by atoms with Crippen LogP contribution in [0.5, 0.6) is 0 Å². The molecule has 2 saturated heterocycles. The second kappa shape index (κ2) is 4.43. The van der Waals surface area contributed by atoms with Gasteiger partial charge < -0.3 is 9.88 Å². The van der Waals surface area contributed by atoms with E-state index in [1.54, 1.807) is 0 Å². The molecule has 0 bridgehead atoms. The molecule has 2 fully saturated rings. The Kier molecular flexibility index (Phi) is 2.90. The van der Waals surface area contributed by atoms with Crippen LogP contribution >= 0.6 is 0 Å². The third-order valence-electron chi connectivity index (χ3n) is 4.46. The lowest BCUT2D eigenvalue weighted by Gasteiger charge is -2.38. The summed E-state index contributed by atoms with van der Waals surface area (Å²) < 4.78 is 2.16. The highest BCUT2D eigenvalue weighted by Crippen LogP contribution is 2.36. The molecule has 4 heteroatoms. The molecule has 4 nitrogen and oxygen atoms in total. The molecule has 1 aromatic heterocycles. The van der Waals surface area contributed by atoms with E-state index in [1.807, 2.05) is 0 Å². The van der Waals surface area contributed by atoms with Gasteiger partial charge in [0.2, 0.25) is 5.91 Å². The number of hydrogen-bond acceptors (Lipinski definition) is 2. The molecule has 1 aromatic rings. The van der Waals surface area contributed by atoms with Gasteiger partial charge in [-0.15, -0.1) is 0 Å². The van der Waals surface area contributed by atoms with Gasteiger partial charge in [0.15, 0.2) is 0 Å². The lowest BCUT2D eigenvalue weighted by Crippen LogP contribution is -2.46. The number of likely N-dealkylation sites (tertiary alicyclic amines) is 1. The summed E-state index contributed by atoms with van der Waals surface area (Å²) in [5, 5.41) is 3.00. The van der Waals surface area contributed by atoms with E-state index in [4.69, 9.17) is 0 Å². The molecule has 2 aliphatic rings. The van der Waals surface area contributed by atoms with Crippen LogP contribution in [0.2, 0.25) is 0 Å². The number of rotatable bonds is 2. The van der Waals surface area contributed by atoms with Crippen molar-refractivity contribution in [1.29, 1.82) is 0 Å². The standard InChI is InChI=1S/C14H21N3O/c1-16-8-2-4-12(16)10-17-9-3-5-14(11-17)6-7-15-13(14)18/h2,4,8H,3,5-7,9-11H2,1H3,(H,15,18)/t14-/m1/s1. The quantitative estimate of drug-likeness (QED) is 0.850. The molecule has 18 heavy (non-hydrogen) atoms. The second-order valence-corrected chi connectivity index (χ2v) is 5.71. The van der Waals surface area contributed by atoms with Crippen molar-refractivity contribution in [3.63, 3.8) is 0 Å². The predicted molar refractivity (Wildman–Crippen MR) is 70.0 cm³/mol. The predicted octanol–water partition coefficient (Wildman–Crippen LogP) is 1.13. The van der Waals surface area contributed by atoms with Gasteiger partial charge in [-0.2, -0.15) is 0 Å². The number of aryl methyl sites for hydroxylation is 1. The molecule has 2 aliphatic heterocycles. The molecule has 3 heterocycles. The highest BCUT2D eigenvalue weighted by atomic mass is 16.2. The summed E-state index contributed by atoms with van der Waals surface area (Å²) >= 11 is 0. The Morgan fingerprint density at radius 1 is 1.44 bits per heavy atom. The first-order chi connectivity index (χ1) is 8.70. The SMILES string of the molecule is Cn1cccc1CN1CCC[C@@]2(CCNC2=O)C1. The zero-order chi connectivity index (χ0) is 12.6. The number of amides is 1. The van der Waals surface area contributed by atoms with E-state index < -0.39 is 0 Å². The highest BCUT2D eigenvalue weighted by Gasteiger charge is 2.45. The molecular formula is C14H21N3O. The Morgan fingerprint density at radius 2 is 2.33 bits per heavy atom. The average Bonchev–Trinajstić information content (AvgIpc) is 2.89. The molecule has 1 N–H and O–H groups in total. The number of nitrogens with zero attached hydrogens (tertiary/aromatic N) is 2. The highest BCUT2D eigenvalue weighted by molar-refractivity contribution is 5.85. The third kappa shape index (κ3) is 1.94. The molecule has 0 aromatic carbocycles. The van der Waals surface area contributed by atoms with Gasteiger partial charge in [0.1, 0.15) is 0 Å². The zero-order valence-corrected chi connectivity index (χ0v) is 11.0. The first-order valence-electron chi connectivity index (χ1n) is 6.80. The van der Waals surface area contributed by atoms with Crippen molar-refractivity contribution < 1.29 is 4.79 Å². The summed E-state index contributed by atoms with van der Waals surface area (Å²) in [6.07, 6.45) is 5.28. The fourth-order valence-electron chi connectivity index (χ4n) is 3.36. The van der Waals surface area contributed by atoms with Crippen LogP contribution in [0.4, 0.5) is 0 Å². The Hall–Kier alpha value is -1.29. The van der Waals surface area contributed by atoms with Crippen LogP contribution in [0.15, 0.2) is 18.3 Å². The summed E-state index contributed by atoms with van der Waals surface area (Å²) in [6.45, 7) is 3.85. The molecule has 0 aliphatic carbocycles. The van der Waals surface area contributed by atoms with Crippen molar-refractivity contribution in [2.75, 3.05) is 19.6 Å². The van der Waals surface area contributed by atoms with Crippen LogP contribution in [0.25, 0.3) is 0 Å². The van der Waals surface area contributed by atoms with Gasteiger partial charge in [-0.05, 0) is 37.9 Å². The summed E-state index contributed by atoms with van der Waals surface area (Å²) in [6, 6.07) is 4.24. The van der Waals surface area contributed by atoms with Gasteiger partial charge in [0.05, 0.1) is 5.41 Å². The molecular weight excluding hydrogens is 226 g/mol. The van der Waals surface area contributed by atoms with E-state index in [-0.39, 0.29) is 11.3 Å². The van der Waals surface area contributed by atoms with E-state index in [0.29, 0.717) is 0 Å². The summed E-state index contributed by atoms with van der Waals surface area (Å²) in [4.78, 5) is 14.5. The normalized spacial score (nSPS) is 28.8. The van der Waals surface area contributed by atoms with Gasteiger partial charge in [-0.1, -0.05) is 0 Å². The minimum Gasteiger partial charge on any atom is -0.356 e. The number of carbonyl (C=O) groups is 1. The zero-order valence-electron chi connectivity index (χ0n) is 11.0. The van der Waals surface area contributed by atoms with E-state index >= 15 is 0 Å². The monoisotopic (exact) mass is 247 g/mol. The maximum atomic E-state index is 12.0. The van der Waals surface area contributed by atoms with Crippen LogP contribution in [0.1, 0.15) is 25.0 Å². The van der Waals surface area contributed by atoms with Crippen molar-refractivity contribution in [2.45, 2.75) is 25.8 Å². The first-order valence-corrected chi connectivity index (χ1v) is 6.80. The Bertz CT molecular complexity index is 454. The number of aromatic nitrogens is 1. The third-order valence-corrected chi connectivity index (χ3v) is 4.46. The minimum atomic E-state index is -0.0938. The number of nitrogens with one attached hydrogen (secondary N) is 1. The molecule has 0 radical (unpaired) electrons. The number of piperidine rings is 1. The fourth-order valence-corrected chi connectivity index (χ4v) is 3.36. The van der Waals surface area contributed by atoms with Crippen LogP contribution in [-0.2, 0) is 18.4 Å². The Balaban J connectivity index is 1.71. The largest absolute Gasteiger partial charge is 0.356 e. The fraction of sp³-hybridized carbons (Fsp3) is 0.643. The molecule has 98 valence electrons. The molecule has 1 atom stereocenters. The number of hydrogen-bond donors (Lipinski definition) is 1. The Morgan fingerprint density at radius 3 is 3.00 bits per heavy atom. The topological polar surface area (TPSA) is 37.3 Å². The van der Waals surface area contributed by atoms with E-state index in [2.05, 4.69) is 40.2 Å². The maximum Gasteiger partial charge on any atom is 0.227 e. The van der Waals surface area contributed by atoms with Crippen molar-refractivity contribution in [3.8, 4) is 0 Å². The van der Waals surface area contributed by atoms with Crippen LogP contribution < -0.4 is 5.32 Å². The van der Waals surface area contributed by atoms with Crippen LogP contribution in [0.3, 0.4) is 0 Å². The van der Waals surface area contributed by atoms with Crippen molar-refractivity contribution in [3.05, 3.63) is 24.0 Å². The first kappa shape index (κ1) is 11.8. The smallest absolute Gasteiger partial charge is 0.227 e. The maximum absolute atomic E-state index is 12.0. The van der Waals surface area contributed by atoms with E-state index in [9.17, 15) is 4.79 Å². The lowest BCUT2D eigenvalue weighted by molar-refractivity contribution is -0.130. The van der Waals surface area contributed by atoms with Gasteiger partial charge in [0.25, 0.3) is 0 Å². The van der Waals surface area contributed by atoms with Gasteiger partial charge >= 0.3 is 0 Å². The van der Waals surface area contributed by atoms with Crippen molar-refractivity contribution in [2.24, 2.45) is 12.5 Å². The summed E-state index contributed by atoms with van der Waals surface area (Å²) in [5.41, 5.74) is 1.23. The van der Waals surface area contributed by atoms with E-state index in [0.717, 1.165) is 45.4 Å². The lowest BCUT2D eigenvalue weighted by atomic mass is 9.78. The molecule has 1 spiro atoms. The summed E-state index contributed by atoms with van der Waals surface area (Å²) in [7, 11) is 2.08. The van der Waals surface area contributed by atoms with E-state index in [1.165, 1.54) is 5.69 Å². The molecule has 0 unspecified atom stereocenters. The Labute approximate surface area is 108 Å².